The minimum absolute atomic E-state index is 0.0729. The van der Waals surface area contributed by atoms with E-state index in [-0.39, 0.29) is 29.0 Å². The number of phenolic OH excluding ortho intramolecular Hbond substituents is 1. The normalized spacial score (nSPS) is 19.1. The molecule has 1 saturated heterocycles. The Morgan fingerprint density at radius 2 is 1.57 bits per heavy atom. The lowest BCUT2D eigenvalue weighted by Crippen LogP contribution is -2.33. The summed E-state index contributed by atoms with van der Waals surface area (Å²) < 4.78 is 1.40. The highest BCUT2D eigenvalue weighted by Gasteiger charge is 2.56. The van der Waals surface area contributed by atoms with Crippen LogP contribution in [0.1, 0.15) is 35.8 Å². The molecular weight excluding hydrogens is 597 g/mol. The third-order valence-corrected chi connectivity index (χ3v) is 10.8. The average Bonchev–Trinajstić information content (AvgIpc) is 3.46. The summed E-state index contributed by atoms with van der Waals surface area (Å²) in [5, 5.41) is 12.1. The molecule has 1 fully saturated rings. The quantitative estimate of drug-likeness (QED) is 0.204. The average molecular weight is 629 g/mol. The van der Waals surface area contributed by atoms with Gasteiger partial charge < -0.3 is 15.3 Å². The molecule has 9 nitrogen and oxygen atoms in total. The van der Waals surface area contributed by atoms with E-state index in [1.54, 1.807) is 24.3 Å². The minimum atomic E-state index is -0.760. The lowest BCUT2D eigenvalue weighted by Gasteiger charge is -2.31. The highest BCUT2D eigenvalue weighted by Crippen LogP contribution is 2.54. The van der Waals surface area contributed by atoms with Crippen molar-refractivity contribution in [1.29, 1.82) is 0 Å². The first-order chi connectivity index (χ1) is 21.2. The Kier molecular flexibility index (Phi) is 8.08. The molecule has 3 heterocycles. The smallest absolute Gasteiger partial charge is 0.308 e. The number of rotatable bonds is 8. The standard InChI is InChI=1S/C33H32N4O5S2/c1-4-35(5-2)22-14-8-20(9-15-22)26-27-28(31(41)37(30(27)40)23-12-6-19(3)7-13-23)43-32-29(26)44-33(42)36(32)18-25(39)34-21-10-16-24(38)17-11-21/h6-17,26-28,38H,4-5,18H2,1-3H3,(H,34,39)/t26-,27?,28?/m1/s1. The van der Waals surface area contributed by atoms with E-state index in [0.717, 1.165) is 41.2 Å². The van der Waals surface area contributed by atoms with Gasteiger partial charge in [-0.25, -0.2) is 4.90 Å². The molecule has 3 atom stereocenters. The highest BCUT2D eigenvalue weighted by molar-refractivity contribution is 8.00. The fourth-order valence-corrected chi connectivity index (χ4v) is 8.71. The SMILES string of the molecule is CCN(CC)c1ccc([C@H]2c3sc(=O)n(CC(=O)Nc4ccc(O)cc4)c3SC3C(=O)N(c4ccc(C)cc4)C(=O)C32)cc1. The third kappa shape index (κ3) is 5.30. The van der Waals surface area contributed by atoms with Crippen molar-refractivity contribution < 1.29 is 19.5 Å². The molecule has 0 saturated carbocycles. The van der Waals surface area contributed by atoms with Crippen LogP contribution in [-0.2, 0) is 20.9 Å². The number of fused-ring (bicyclic) bond motifs is 2. The van der Waals surface area contributed by atoms with Gasteiger partial charge in [0.1, 0.15) is 17.5 Å². The predicted octanol–water partition coefficient (Wildman–Crippen LogP) is 5.20. The Hall–Kier alpha value is -4.35. The molecule has 2 aliphatic heterocycles. The van der Waals surface area contributed by atoms with Crippen LogP contribution in [0.4, 0.5) is 17.1 Å². The van der Waals surface area contributed by atoms with Crippen LogP contribution in [0.2, 0.25) is 0 Å². The topological polar surface area (TPSA) is 112 Å². The second-order valence-corrected chi connectivity index (χ2v) is 13.0. The number of amides is 3. The monoisotopic (exact) mass is 628 g/mol. The Morgan fingerprint density at radius 3 is 2.20 bits per heavy atom. The van der Waals surface area contributed by atoms with Crippen molar-refractivity contribution in [1.82, 2.24) is 4.57 Å². The van der Waals surface area contributed by atoms with Crippen LogP contribution >= 0.6 is 23.1 Å². The largest absolute Gasteiger partial charge is 0.508 e. The lowest BCUT2D eigenvalue weighted by atomic mass is 9.83. The predicted molar refractivity (Wildman–Crippen MR) is 174 cm³/mol. The molecule has 0 aliphatic carbocycles. The summed E-state index contributed by atoms with van der Waals surface area (Å²) in [5.74, 6) is -2.22. The van der Waals surface area contributed by atoms with E-state index in [9.17, 15) is 24.3 Å². The molecule has 226 valence electrons. The first-order valence-corrected chi connectivity index (χ1v) is 16.2. The Bertz CT molecular complexity index is 1780. The number of thioether (sulfide) groups is 1. The van der Waals surface area contributed by atoms with Gasteiger partial charge in [0.15, 0.2) is 0 Å². The van der Waals surface area contributed by atoms with E-state index in [1.807, 2.05) is 43.3 Å². The van der Waals surface area contributed by atoms with Gasteiger partial charge in [-0.2, -0.15) is 0 Å². The second kappa shape index (κ2) is 12.0. The summed E-state index contributed by atoms with van der Waals surface area (Å²) >= 11 is 2.21. The molecular formula is C33H32N4O5S2. The number of nitrogens with zero attached hydrogens (tertiary/aromatic N) is 3. The number of hydrogen-bond donors (Lipinski definition) is 2. The Labute approximate surface area is 263 Å². The molecule has 0 radical (unpaired) electrons. The number of hydrogen-bond acceptors (Lipinski definition) is 8. The van der Waals surface area contributed by atoms with Crippen molar-refractivity contribution in [3.8, 4) is 5.75 Å². The van der Waals surface area contributed by atoms with Crippen LogP contribution in [-0.4, -0.2) is 45.7 Å². The van der Waals surface area contributed by atoms with Crippen LogP contribution in [0.15, 0.2) is 82.6 Å². The number of carbonyl (C=O) groups is 3. The Morgan fingerprint density at radius 1 is 0.909 bits per heavy atom. The van der Waals surface area contributed by atoms with E-state index in [0.29, 0.717) is 21.3 Å². The maximum atomic E-state index is 14.1. The van der Waals surface area contributed by atoms with E-state index in [4.69, 9.17) is 0 Å². The summed E-state index contributed by atoms with van der Waals surface area (Å²) in [5.41, 5.74) is 3.90. The maximum absolute atomic E-state index is 14.1. The number of nitrogens with one attached hydrogen (secondary N) is 1. The minimum Gasteiger partial charge on any atom is -0.508 e. The molecule has 2 unspecified atom stereocenters. The van der Waals surface area contributed by atoms with Crippen molar-refractivity contribution in [2.75, 3.05) is 28.2 Å². The fraction of sp³-hybridized carbons (Fsp3) is 0.273. The number of phenols is 1. The maximum Gasteiger partial charge on any atom is 0.308 e. The number of carbonyl (C=O) groups excluding carboxylic acids is 3. The molecule has 4 aromatic rings. The molecule has 11 heteroatoms. The number of aryl methyl sites for hydroxylation is 1. The van der Waals surface area contributed by atoms with Crippen molar-refractivity contribution in [3.05, 3.63) is 98.5 Å². The highest BCUT2D eigenvalue weighted by atomic mass is 32.2. The molecule has 3 aromatic carbocycles. The van der Waals surface area contributed by atoms with Crippen molar-refractivity contribution in [2.45, 2.75) is 43.5 Å². The molecule has 2 N–H and O–H groups in total. The van der Waals surface area contributed by atoms with Crippen LogP contribution in [0.5, 0.6) is 5.75 Å². The first-order valence-electron chi connectivity index (χ1n) is 14.5. The number of aromatic hydroxyl groups is 1. The second-order valence-electron chi connectivity index (χ2n) is 10.9. The lowest BCUT2D eigenvalue weighted by molar-refractivity contribution is -0.122. The van der Waals surface area contributed by atoms with Gasteiger partial charge in [-0.1, -0.05) is 52.9 Å². The Balaban J connectivity index is 1.41. The van der Waals surface area contributed by atoms with E-state index >= 15 is 0 Å². The van der Waals surface area contributed by atoms with Gasteiger partial charge in [-0.3, -0.25) is 23.7 Å². The van der Waals surface area contributed by atoms with Gasteiger partial charge in [0.2, 0.25) is 17.7 Å². The van der Waals surface area contributed by atoms with Gasteiger partial charge in [0.05, 0.1) is 16.6 Å². The van der Waals surface area contributed by atoms with Crippen LogP contribution in [0, 0.1) is 12.8 Å². The summed E-state index contributed by atoms with van der Waals surface area (Å²) in [6, 6.07) is 21.3. The van der Waals surface area contributed by atoms with Gasteiger partial charge in [-0.05, 0) is 74.9 Å². The zero-order valence-electron chi connectivity index (χ0n) is 24.5. The molecule has 6 rings (SSSR count). The van der Waals surface area contributed by atoms with Crippen molar-refractivity contribution >= 4 is 57.9 Å². The van der Waals surface area contributed by atoms with E-state index in [1.165, 1.54) is 33.4 Å². The van der Waals surface area contributed by atoms with Crippen molar-refractivity contribution in [3.63, 3.8) is 0 Å². The molecule has 2 aliphatic rings. The van der Waals surface area contributed by atoms with E-state index < -0.39 is 23.0 Å². The molecule has 44 heavy (non-hydrogen) atoms. The van der Waals surface area contributed by atoms with Crippen molar-refractivity contribution in [2.24, 2.45) is 5.92 Å². The number of anilines is 3. The molecule has 0 bridgehead atoms. The van der Waals surface area contributed by atoms with Gasteiger partial charge in [-0.15, -0.1) is 0 Å². The van der Waals surface area contributed by atoms with Crippen LogP contribution in [0.3, 0.4) is 0 Å². The number of thiazole rings is 1. The number of aromatic nitrogens is 1. The summed E-state index contributed by atoms with van der Waals surface area (Å²) in [6.07, 6.45) is 0. The summed E-state index contributed by atoms with van der Waals surface area (Å²) in [6.45, 7) is 7.56. The van der Waals surface area contributed by atoms with E-state index in [2.05, 4.69) is 24.1 Å². The van der Waals surface area contributed by atoms with Gasteiger partial charge >= 0.3 is 4.87 Å². The zero-order valence-corrected chi connectivity index (χ0v) is 26.2. The van der Waals surface area contributed by atoms with Crippen LogP contribution in [0.25, 0.3) is 0 Å². The zero-order chi connectivity index (χ0) is 31.1. The van der Waals surface area contributed by atoms with Gasteiger partial charge in [0.25, 0.3) is 0 Å². The third-order valence-electron chi connectivity index (χ3n) is 8.18. The molecule has 0 spiro atoms. The van der Waals surface area contributed by atoms with Crippen LogP contribution < -0.4 is 20.0 Å². The number of imide groups is 1. The first kappa shape index (κ1) is 29.7. The molecule has 3 amide bonds. The fourth-order valence-electron chi connectivity index (χ4n) is 5.93. The summed E-state index contributed by atoms with van der Waals surface area (Å²) in [7, 11) is 0. The van der Waals surface area contributed by atoms with Gasteiger partial charge in [0, 0.05) is 35.3 Å². The summed E-state index contributed by atoms with van der Waals surface area (Å²) in [4.78, 5) is 58.4. The molecule has 1 aromatic heterocycles. The number of benzene rings is 3.